The number of hydrogen-bond donors (Lipinski definition) is 0. The van der Waals surface area contributed by atoms with E-state index in [2.05, 4.69) is 10.3 Å². The summed E-state index contributed by atoms with van der Waals surface area (Å²) in [5.74, 6) is -0.0656. The largest absolute Gasteiger partial charge is 0.212 e. The van der Waals surface area contributed by atoms with E-state index in [0.29, 0.717) is 11.4 Å². The molecule has 3 aromatic rings. The van der Waals surface area contributed by atoms with Crippen molar-refractivity contribution in [3.8, 4) is 16.9 Å². The highest BCUT2D eigenvalue weighted by Crippen LogP contribution is 2.27. The Balaban J connectivity index is 2.21. The quantitative estimate of drug-likeness (QED) is 0.681. The van der Waals surface area contributed by atoms with Gasteiger partial charge in [-0.25, -0.2) is 9.07 Å². The van der Waals surface area contributed by atoms with Crippen molar-refractivity contribution in [1.82, 2.24) is 15.0 Å². The molecule has 0 amide bonds. The second-order valence-electron chi connectivity index (χ2n) is 4.78. The van der Waals surface area contributed by atoms with Gasteiger partial charge in [0.1, 0.15) is 11.5 Å². The fourth-order valence-corrected chi connectivity index (χ4v) is 2.45. The Bertz CT molecular complexity index is 783. The molecule has 0 aliphatic carbocycles. The van der Waals surface area contributed by atoms with Crippen molar-refractivity contribution in [3.63, 3.8) is 0 Å². The summed E-state index contributed by atoms with van der Waals surface area (Å²) in [5, 5.41) is 8.23. The topological polar surface area (TPSA) is 30.7 Å². The van der Waals surface area contributed by atoms with Gasteiger partial charge in [-0.3, -0.25) is 0 Å². The van der Waals surface area contributed by atoms with E-state index in [1.807, 2.05) is 31.2 Å². The number of nitrogens with zero attached hydrogens (tertiary/aromatic N) is 3. The highest BCUT2D eigenvalue weighted by atomic mass is 35.5. The van der Waals surface area contributed by atoms with E-state index >= 15 is 0 Å². The van der Waals surface area contributed by atoms with Crippen molar-refractivity contribution in [2.45, 2.75) is 12.8 Å². The molecule has 106 valence electrons. The molecule has 21 heavy (non-hydrogen) atoms. The van der Waals surface area contributed by atoms with E-state index in [1.54, 1.807) is 16.8 Å². The molecule has 0 radical (unpaired) electrons. The van der Waals surface area contributed by atoms with Crippen LogP contribution in [0.1, 0.15) is 11.3 Å². The highest BCUT2D eigenvalue weighted by Gasteiger charge is 2.16. The van der Waals surface area contributed by atoms with E-state index in [0.717, 1.165) is 16.8 Å². The molecule has 2 aromatic carbocycles. The molecular formula is C16H13ClFN3. The van der Waals surface area contributed by atoms with E-state index < -0.39 is 0 Å². The molecule has 0 atom stereocenters. The van der Waals surface area contributed by atoms with Gasteiger partial charge in [0.25, 0.3) is 0 Å². The molecule has 0 unspecified atom stereocenters. The van der Waals surface area contributed by atoms with Gasteiger partial charge in [0.15, 0.2) is 0 Å². The molecule has 0 spiro atoms. The predicted octanol–water partition coefficient (Wildman–Crippen LogP) is 4.12. The summed E-state index contributed by atoms with van der Waals surface area (Å²) >= 11 is 5.96. The zero-order valence-electron chi connectivity index (χ0n) is 11.4. The second kappa shape index (κ2) is 5.66. The standard InChI is InChI=1S/C16H13ClFN3/c1-11-4-2-5-12(8-11)16-15(10-17)19-20-21(16)14-7-3-6-13(18)9-14/h2-9H,10H2,1H3. The van der Waals surface area contributed by atoms with Crippen LogP contribution in [0.15, 0.2) is 48.5 Å². The second-order valence-corrected chi connectivity index (χ2v) is 5.05. The smallest absolute Gasteiger partial charge is 0.125 e. The Labute approximate surface area is 127 Å². The zero-order valence-corrected chi connectivity index (χ0v) is 12.2. The Hall–Kier alpha value is -2.20. The van der Waals surface area contributed by atoms with Crippen LogP contribution in [-0.4, -0.2) is 15.0 Å². The number of hydrogen-bond acceptors (Lipinski definition) is 2. The Kier molecular flexibility index (Phi) is 3.71. The lowest BCUT2D eigenvalue weighted by Gasteiger charge is -2.08. The van der Waals surface area contributed by atoms with Gasteiger partial charge in [0, 0.05) is 5.56 Å². The summed E-state index contributed by atoms with van der Waals surface area (Å²) < 4.78 is 15.1. The molecule has 3 nitrogen and oxygen atoms in total. The zero-order chi connectivity index (χ0) is 14.8. The lowest BCUT2D eigenvalue weighted by atomic mass is 10.1. The molecule has 5 heteroatoms. The maximum absolute atomic E-state index is 13.5. The van der Waals surface area contributed by atoms with Crippen molar-refractivity contribution in [1.29, 1.82) is 0 Å². The number of aromatic nitrogens is 3. The van der Waals surface area contributed by atoms with Crippen molar-refractivity contribution in [3.05, 3.63) is 65.6 Å². The van der Waals surface area contributed by atoms with Crippen LogP contribution in [-0.2, 0) is 5.88 Å². The van der Waals surface area contributed by atoms with Crippen LogP contribution < -0.4 is 0 Å². The lowest BCUT2D eigenvalue weighted by molar-refractivity contribution is 0.625. The van der Waals surface area contributed by atoms with Crippen molar-refractivity contribution in [2.24, 2.45) is 0 Å². The summed E-state index contributed by atoms with van der Waals surface area (Å²) in [5.41, 5.74) is 4.17. The minimum absolute atomic E-state index is 0.249. The van der Waals surface area contributed by atoms with Crippen molar-refractivity contribution in [2.75, 3.05) is 0 Å². The third kappa shape index (κ3) is 2.67. The molecule has 0 aliphatic rings. The van der Waals surface area contributed by atoms with Crippen LogP contribution in [0.3, 0.4) is 0 Å². The molecule has 0 fully saturated rings. The first kappa shape index (κ1) is 13.8. The Morgan fingerprint density at radius 3 is 2.67 bits per heavy atom. The molecule has 0 saturated carbocycles. The summed E-state index contributed by atoms with van der Waals surface area (Å²) in [6.07, 6.45) is 0. The molecule has 1 heterocycles. The highest BCUT2D eigenvalue weighted by molar-refractivity contribution is 6.17. The van der Waals surface area contributed by atoms with Crippen molar-refractivity contribution >= 4 is 11.6 Å². The number of alkyl halides is 1. The van der Waals surface area contributed by atoms with Crippen LogP contribution in [0.5, 0.6) is 0 Å². The van der Waals surface area contributed by atoms with Crippen LogP contribution in [0.4, 0.5) is 4.39 Å². The van der Waals surface area contributed by atoms with Gasteiger partial charge in [-0.05, 0) is 31.2 Å². The van der Waals surface area contributed by atoms with E-state index in [9.17, 15) is 4.39 Å². The van der Waals surface area contributed by atoms with Crippen molar-refractivity contribution < 1.29 is 4.39 Å². The summed E-state index contributed by atoms with van der Waals surface area (Å²) in [7, 11) is 0. The number of aryl methyl sites for hydroxylation is 1. The Morgan fingerprint density at radius 2 is 1.95 bits per heavy atom. The first-order valence-corrected chi connectivity index (χ1v) is 7.06. The van der Waals surface area contributed by atoms with Gasteiger partial charge in [0.2, 0.25) is 0 Å². The number of benzene rings is 2. The average Bonchev–Trinajstić information content (AvgIpc) is 2.91. The maximum atomic E-state index is 13.5. The van der Waals surface area contributed by atoms with Gasteiger partial charge >= 0.3 is 0 Å². The van der Waals surface area contributed by atoms with Crippen LogP contribution in [0.2, 0.25) is 0 Å². The molecule has 1 aromatic heterocycles. The number of halogens is 2. The minimum Gasteiger partial charge on any atom is -0.212 e. The molecular weight excluding hydrogens is 289 g/mol. The fourth-order valence-electron chi connectivity index (χ4n) is 2.27. The maximum Gasteiger partial charge on any atom is 0.125 e. The molecule has 0 bridgehead atoms. The number of rotatable bonds is 3. The van der Waals surface area contributed by atoms with Crippen LogP contribution in [0, 0.1) is 12.7 Å². The van der Waals surface area contributed by atoms with E-state index in [4.69, 9.17) is 11.6 Å². The fraction of sp³-hybridized carbons (Fsp3) is 0.125. The molecule has 3 rings (SSSR count). The third-order valence-corrected chi connectivity index (χ3v) is 3.46. The van der Waals surface area contributed by atoms with Gasteiger partial charge in [0.05, 0.1) is 17.3 Å². The normalized spacial score (nSPS) is 10.8. The first-order chi connectivity index (χ1) is 10.2. The SMILES string of the molecule is Cc1cccc(-c2c(CCl)nnn2-c2cccc(F)c2)c1. The summed E-state index contributed by atoms with van der Waals surface area (Å²) in [4.78, 5) is 0. The molecule has 0 N–H and O–H groups in total. The van der Waals surface area contributed by atoms with E-state index in [1.165, 1.54) is 12.1 Å². The van der Waals surface area contributed by atoms with Crippen LogP contribution in [0.25, 0.3) is 16.9 Å². The Morgan fingerprint density at radius 1 is 1.14 bits per heavy atom. The average molecular weight is 302 g/mol. The van der Waals surface area contributed by atoms with E-state index in [-0.39, 0.29) is 11.7 Å². The monoisotopic (exact) mass is 301 g/mol. The molecule has 0 saturated heterocycles. The molecule has 0 aliphatic heterocycles. The summed E-state index contributed by atoms with van der Waals surface area (Å²) in [6.45, 7) is 2.01. The first-order valence-electron chi connectivity index (χ1n) is 6.52. The van der Waals surface area contributed by atoms with Gasteiger partial charge < -0.3 is 0 Å². The van der Waals surface area contributed by atoms with Gasteiger partial charge in [-0.2, -0.15) is 0 Å². The van der Waals surface area contributed by atoms with Crippen LogP contribution >= 0.6 is 11.6 Å². The predicted molar refractivity (Wildman–Crippen MR) is 81.0 cm³/mol. The lowest BCUT2D eigenvalue weighted by Crippen LogP contribution is -2.00. The third-order valence-electron chi connectivity index (χ3n) is 3.21. The van der Waals surface area contributed by atoms with Gasteiger partial charge in [-0.1, -0.05) is 35.0 Å². The minimum atomic E-state index is -0.314. The summed E-state index contributed by atoms with van der Waals surface area (Å²) in [6, 6.07) is 14.2. The van der Waals surface area contributed by atoms with Gasteiger partial charge in [-0.15, -0.1) is 16.7 Å².